The molecule has 2 heterocycles. The highest BCUT2D eigenvalue weighted by Crippen LogP contribution is 2.36. The molecule has 1 fully saturated rings. The predicted octanol–water partition coefficient (Wildman–Crippen LogP) is 2.39. The number of imide groups is 1. The summed E-state index contributed by atoms with van der Waals surface area (Å²) < 4.78 is 0. The molecule has 1 aliphatic rings. The number of hydrogen-bond donors (Lipinski definition) is 1. The van der Waals surface area contributed by atoms with Gasteiger partial charge in [0.1, 0.15) is 0 Å². The molecule has 1 aromatic heterocycles. The number of amides is 2. The highest BCUT2D eigenvalue weighted by atomic mass is 16.2. The lowest BCUT2D eigenvalue weighted by atomic mass is 9.78. The molecule has 4 nitrogen and oxygen atoms in total. The van der Waals surface area contributed by atoms with E-state index in [1.807, 2.05) is 37.4 Å². The van der Waals surface area contributed by atoms with Crippen molar-refractivity contribution >= 4 is 22.6 Å². The lowest BCUT2D eigenvalue weighted by molar-refractivity contribution is -0.137. The van der Waals surface area contributed by atoms with Gasteiger partial charge in [-0.15, -0.1) is 0 Å². The van der Waals surface area contributed by atoms with Gasteiger partial charge in [0.2, 0.25) is 11.8 Å². The van der Waals surface area contributed by atoms with E-state index >= 15 is 0 Å². The summed E-state index contributed by atoms with van der Waals surface area (Å²) in [6.45, 7) is 1.98. The van der Waals surface area contributed by atoms with Gasteiger partial charge in [-0.1, -0.05) is 31.2 Å². The van der Waals surface area contributed by atoms with Crippen molar-refractivity contribution in [3.05, 3.63) is 42.2 Å². The first-order valence-electron chi connectivity index (χ1n) is 6.87. The number of nitrogens with one attached hydrogen (secondary N) is 1. The zero-order valence-electron chi connectivity index (χ0n) is 11.3. The molecule has 4 heteroatoms. The van der Waals surface area contributed by atoms with Crippen LogP contribution in [0.1, 0.15) is 31.2 Å². The molecule has 0 aliphatic carbocycles. The summed E-state index contributed by atoms with van der Waals surface area (Å²) in [5.74, 6) is -0.612. The van der Waals surface area contributed by atoms with Crippen molar-refractivity contribution in [2.75, 3.05) is 0 Å². The summed E-state index contributed by atoms with van der Waals surface area (Å²) in [7, 11) is 0. The van der Waals surface area contributed by atoms with Crippen LogP contribution in [0.5, 0.6) is 0 Å². The first-order chi connectivity index (χ1) is 9.70. The Morgan fingerprint density at radius 3 is 2.85 bits per heavy atom. The van der Waals surface area contributed by atoms with Crippen molar-refractivity contribution in [3.8, 4) is 0 Å². The van der Waals surface area contributed by atoms with E-state index in [1.54, 1.807) is 6.20 Å². The first-order valence-corrected chi connectivity index (χ1v) is 6.87. The van der Waals surface area contributed by atoms with Crippen LogP contribution in [0.15, 0.2) is 36.7 Å². The normalized spacial score (nSPS) is 22.9. The van der Waals surface area contributed by atoms with Gasteiger partial charge >= 0.3 is 0 Å². The molecule has 102 valence electrons. The largest absolute Gasteiger partial charge is 0.296 e. The minimum absolute atomic E-state index is 0.0835. The number of pyridine rings is 1. The molecule has 2 amide bonds. The second-order valence-electron chi connectivity index (χ2n) is 5.19. The number of carbonyl (C=O) groups is 2. The number of rotatable bonds is 2. The highest BCUT2D eigenvalue weighted by Gasteiger charge is 2.36. The second kappa shape index (κ2) is 5.04. The quantitative estimate of drug-likeness (QED) is 0.851. The Morgan fingerprint density at radius 1 is 1.25 bits per heavy atom. The zero-order valence-corrected chi connectivity index (χ0v) is 11.3. The smallest absolute Gasteiger partial charge is 0.230 e. The summed E-state index contributed by atoms with van der Waals surface area (Å²) in [4.78, 5) is 28.0. The third kappa shape index (κ3) is 2.07. The van der Waals surface area contributed by atoms with E-state index in [2.05, 4.69) is 10.3 Å². The van der Waals surface area contributed by atoms with Crippen LogP contribution in [0, 0.1) is 5.92 Å². The molecule has 3 rings (SSSR count). The van der Waals surface area contributed by atoms with Gasteiger partial charge in [0.25, 0.3) is 0 Å². The molecule has 0 radical (unpaired) electrons. The van der Waals surface area contributed by atoms with Crippen molar-refractivity contribution in [1.29, 1.82) is 0 Å². The Morgan fingerprint density at radius 2 is 2.05 bits per heavy atom. The number of piperidine rings is 1. The minimum Gasteiger partial charge on any atom is -0.296 e. The maximum absolute atomic E-state index is 12.0. The van der Waals surface area contributed by atoms with Gasteiger partial charge in [0.15, 0.2) is 0 Å². The minimum atomic E-state index is -0.197. The van der Waals surface area contributed by atoms with Crippen LogP contribution in [-0.2, 0) is 9.59 Å². The Bertz CT molecular complexity index is 676. The summed E-state index contributed by atoms with van der Waals surface area (Å²) in [5.41, 5.74) is 0.998. The number of aromatic nitrogens is 1. The van der Waals surface area contributed by atoms with Crippen molar-refractivity contribution in [2.24, 2.45) is 5.92 Å². The van der Waals surface area contributed by atoms with Gasteiger partial charge in [-0.2, -0.15) is 0 Å². The average Bonchev–Trinajstić information content (AvgIpc) is 2.46. The predicted molar refractivity (Wildman–Crippen MR) is 76.0 cm³/mol. The number of benzene rings is 1. The molecule has 2 aromatic rings. The van der Waals surface area contributed by atoms with Gasteiger partial charge in [0, 0.05) is 36.0 Å². The summed E-state index contributed by atoms with van der Waals surface area (Å²) in [6.07, 6.45) is 4.67. The molecule has 2 atom stereocenters. The third-order valence-corrected chi connectivity index (χ3v) is 4.03. The Kier molecular flexibility index (Phi) is 3.22. The van der Waals surface area contributed by atoms with Gasteiger partial charge in [-0.25, -0.2) is 0 Å². The van der Waals surface area contributed by atoms with Crippen LogP contribution >= 0.6 is 0 Å². The first kappa shape index (κ1) is 12.8. The van der Waals surface area contributed by atoms with E-state index in [0.717, 1.165) is 16.3 Å². The van der Waals surface area contributed by atoms with E-state index < -0.39 is 0 Å². The number of fused-ring (bicyclic) bond motifs is 1. The Labute approximate surface area is 117 Å². The Hall–Kier alpha value is -2.23. The van der Waals surface area contributed by atoms with E-state index in [1.165, 1.54) is 0 Å². The molecule has 1 N–H and O–H groups in total. The lowest BCUT2D eigenvalue weighted by Gasteiger charge is -2.30. The Balaban J connectivity index is 2.13. The lowest BCUT2D eigenvalue weighted by Crippen LogP contribution is -2.44. The average molecular weight is 268 g/mol. The van der Waals surface area contributed by atoms with Gasteiger partial charge in [-0.3, -0.25) is 19.9 Å². The zero-order chi connectivity index (χ0) is 14.1. The van der Waals surface area contributed by atoms with E-state index in [4.69, 9.17) is 0 Å². The maximum Gasteiger partial charge on any atom is 0.230 e. The van der Waals surface area contributed by atoms with Crippen LogP contribution in [-0.4, -0.2) is 16.8 Å². The molecule has 0 bridgehead atoms. The summed E-state index contributed by atoms with van der Waals surface area (Å²) in [6, 6.07) is 7.95. The molecule has 20 heavy (non-hydrogen) atoms. The monoisotopic (exact) mass is 268 g/mol. The summed E-state index contributed by atoms with van der Waals surface area (Å²) >= 11 is 0. The fraction of sp³-hybridized carbons (Fsp3) is 0.312. The van der Waals surface area contributed by atoms with Crippen LogP contribution < -0.4 is 5.32 Å². The molecule has 1 saturated heterocycles. The molecular formula is C16H16N2O2. The van der Waals surface area contributed by atoms with Crippen LogP contribution in [0.4, 0.5) is 0 Å². The molecule has 0 saturated carbocycles. The number of hydrogen-bond acceptors (Lipinski definition) is 3. The van der Waals surface area contributed by atoms with Crippen LogP contribution in [0.3, 0.4) is 0 Å². The van der Waals surface area contributed by atoms with Gasteiger partial charge in [-0.05, 0) is 17.4 Å². The van der Waals surface area contributed by atoms with Crippen molar-refractivity contribution in [3.63, 3.8) is 0 Å². The fourth-order valence-corrected chi connectivity index (χ4v) is 3.04. The fourth-order valence-electron chi connectivity index (χ4n) is 3.04. The van der Waals surface area contributed by atoms with Crippen LogP contribution in [0.25, 0.3) is 10.8 Å². The molecule has 1 aromatic carbocycles. The second-order valence-corrected chi connectivity index (χ2v) is 5.19. The molecule has 2 unspecified atom stereocenters. The van der Waals surface area contributed by atoms with Gasteiger partial charge < -0.3 is 0 Å². The van der Waals surface area contributed by atoms with Crippen molar-refractivity contribution in [2.45, 2.75) is 25.7 Å². The van der Waals surface area contributed by atoms with E-state index in [9.17, 15) is 9.59 Å². The SMILES string of the molecule is CCC1C(=O)NC(=O)CC1c1cncc2ccccc12. The maximum atomic E-state index is 12.0. The standard InChI is InChI=1S/C16H16N2O2/c1-2-11-13(7-15(19)18-16(11)20)14-9-17-8-10-5-3-4-6-12(10)14/h3-6,8-9,11,13H,2,7H2,1H3,(H,18,19,20). The number of nitrogens with zero attached hydrogens (tertiary/aromatic N) is 1. The summed E-state index contributed by atoms with van der Waals surface area (Å²) in [5, 5.41) is 4.55. The van der Waals surface area contributed by atoms with Crippen LogP contribution in [0.2, 0.25) is 0 Å². The third-order valence-electron chi connectivity index (χ3n) is 4.03. The molecule has 1 aliphatic heterocycles. The topological polar surface area (TPSA) is 59.1 Å². The van der Waals surface area contributed by atoms with Crippen molar-refractivity contribution in [1.82, 2.24) is 10.3 Å². The van der Waals surface area contributed by atoms with Crippen molar-refractivity contribution < 1.29 is 9.59 Å². The molecular weight excluding hydrogens is 252 g/mol. The van der Waals surface area contributed by atoms with E-state index in [-0.39, 0.29) is 23.7 Å². The van der Waals surface area contributed by atoms with E-state index in [0.29, 0.717) is 12.8 Å². The highest BCUT2D eigenvalue weighted by molar-refractivity contribution is 6.00. The molecule has 0 spiro atoms. The van der Waals surface area contributed by atoms with Gasteiger partial charge in [0.05, 0.1) is 0 Å². The number of carbonyl (C=O) groups excluding carboxylic acids is 2.